The molecule has 9 nitrogen and oxygen atoms in total. The number of nitrogens with two attached hydrogens (primary N) is 1. The van der Waals surface area contributed by atoms with E-state index in [0.717, 1.165) is 33.6 Å². The van der Waals surface area contributed by atoms with Gasteiger partial charge in [0, 0.05) is 58.4 Å². The lowest BCUT2D eigenvalue weighted by atomic mass is 10.0. The van der Waals surface area contributed by atoms with E-state index in [0.29, 0.717) is 91.0 Å². The molecule has 0 saturated carbocycles. The van der Waals surface area contributed by atoms with E-state index >= 15 is 0 Å². The van der Waals surface area contributed by atoms with Crippen LogP contribution in [0.2, 0.25) is 10.0 Å². The van der Waals surface area contributed by atoms with E-state index < -0.39 is 0 Å². The second kappa shape index (κ2) is 18.0. The van der Waals surface area contributed by atoms with Crippen LogP contribution in [0.3, 0.4) is 0 Å². The summed E-state index contributed by atoms with van der Waals surface area (Å²) in [4.78, 5) is 18.2. The Balaban J connectivity index is 1.52. The number of imidazole rings is 1. The average Bonchev–Trinajstić information content (AvgIpc) is 3.51. The molecule has 4 aromatic carbocycles. The Morgan fingerprint density at radius 1 is 0.720 bits per heavy atom. The summed E-state index contributed by atoms with van der Waals surface area (Å²) in [6, 6.07) is 26.8. The van der Waals surface area contributed by atoms with Crippen LogP contribution in [0, 0.1) is 0 Å². The van der Waals surface area contributed by atoms with Crippen molar-refractivity contribution in [3.8, 4) is 51.2 Å². The first-order chi connectivity index (χ1) is 24.4. The van der Waals surface area contributed by atoms with Gasteiger partial charge in [-0.05, 0) is 48.4 Å². The van der Waals surface area contributed by atoms with Crippen LogP contribution in [-0.2, 0) is 16.0 Å². The summed E-state index contributed by atoms with van der Waals surface area (Å²) in [7, 11) is 4.74. The van der Waals surface area contributed by atoms with Gasteiger partial charge in [0.2, 0.25) is 5.75 Å². The van der Waals surface area contributed by atoms with Crippen molar-refractivity contribution in [3.05, 3.63) is 106 Å². The first-order valence-electron chi connectivity index (χ1n) is 16.3. The Labute approximate surface area is 302 Å². The van der Waals surface area contributed by atoms with Crippen LogP contribution in [0.25, 0.3) is 33.9 Å². The summed E-state index contributed by atoms with van der Waals surface area (Å²) >= 11 is 12.6. The largest absolute Gasteiger partial charge is 0.493 e. The first kappa shape index (κ1) is 36.9. The number of rotatable bonds is 18. The van der Waals surface area contributed by atoms with Crippen molar-refractivity contribution in [2.24, 2.45) is 5.73 Å². The van der Waals surface area contributed by atoms with Gasteiger partial charge in [-0.15, -0.1) is 0 Å². The predicted octanol–water partition coefficient (Wildman–Crippen LogP) is 8.22. The van der Waals surface area contributed by atoms with Gasteiger partial charge in [0.05, 0.1) is 52.5 Å². The first-order valence-corrected chi connectivity index (χ1v) is 17.0. The van der Waals surface area contributed by atoms with Crippen LogP contribution < -0.4 is 19.9 Å². The fourth-order valence-corrected chi connectivity index (χ4v) is 5.86. The molecular weight excluding hydrogens is 677 g/mol. The molecule has 11 heteroatoms. The van der Waals surface area contributed by atoms with E-state index in [1.54, 1.807) is 21.3 Å². The van der Waals surface area contributed by atoms with E-state index in [4.69, 9.17) is 57.6 Å². The van der Waals surface area contributed by atoms with Crippen LogP contribution in [0.1, 0.15) is 28.8 Å². The SMILES string of the molecule is COc1cc(-c2nc(-c3ccc(Cl)cc3)c(-c3ccc(Cl)cc3)n2Cc2ccc(C(=O)CCCOCCOCCN)cc2)cc(OC)c1OC. The zero-order valence-electron chi connectivity index (χ0n) is 28.4. The van der Waals surface area contributed by atoms with Gasteiger partial charge in [-0.3, -0.25) is 4.79 Å². The van der Waals surface area contributed by atoms with Gasteiger partial charge < -0.3 is 34.0 Å². The minimum Gasteiger partial charge on any atom is -0.493 e. The third-order valence-electron chi connectivity index (χ3n) is 8.07. The zero-order chi connectivity index (χ0) is 35.5. The molecule has 5 rings (SSSR count). The van der Waals surface area contributed by atoms with Crippen molar-refractivity contribution >= 4 is 29.0 Å². The number of hydrogen-bond acceptors (Lipinski definition) is 8. The molecule has 0 saturated heterocycles. The molecule has 0 fully saturated rings. The minimum atomic E-state index is 0.0622. The van der Waals surface area contributed by atoms with Crippen molar-refractivity contribution in [1.29, 1.82) is 0 Å². The molecule has 0 unspecified atom stereocenters. The number of hydrogen-bond donors (Lipinski definition) is 1. The molecule has 0 radical (unpaired) electrons. The number of nitrogens with zero attached hydrogens (tertiary/aromatic N) is 2. The van der Waals surface area contributed by atoms with Gasteiger partial charge in [0.1, 0.15) is 5.82 Å². The van der Waals surface area contributed by atoms with Crippen molar-refractivity contribution in [1.82, 2.24) is 9.55 Å². The highest BCUT2D eigenvalue weighted by Crippen LogP contribution is 2.44. The number of ketones is 1. The van der Waals surface area contributed by atoms with Gasteiger partial charge in [-0.1, -0.05) is 71.7 Å². The molecule has 0 spiro atoms. The van der Waals surface area contributed by atoms with Crippen LogP contribution in [0.5, 0.6) is 17.2 Å². The summed E-state index contributed by atoms with van der Waals surface area (Å²) < 4.78 is 30.1. The molecule has 0 aliphatic rings. The highest BCUT2D eigenvalue weighted by atomic mass is 35.5. The molecule has 0 aliphatic carbocycles. The van der Waals surface area contributed by atoms with E-state index in [1.165, 1.54) is 0 Å². The molecule has 1 aromatic heterocycles. The number of methoxy groups -OCH3 is 3. The summed E-state index contributed by atoms with van der Waals surface area (Å²) in [6.07, 6.45) is 1.02. The predicted molar refractivity (Wildman–Crippen MR) is 198 cm³/mol. The Bertz CT molecular complexity index is 1830. The number of carbonyl (C=O) groups excluding carboxylic acids is 1. The molecule has 0 atom stereocenters. The summed E-state index contributed by atoms with van der Waals surface area (Å²) in [6.45, 7) is 2.90. The minimum absolute atomic E-state index is 0.0622. The fraction of sp³-hybridized carbons (Fsp3) is 0.282. The summed E-state index contributed by atoms with van der Waals surface area (Å²) in [5.74, 6) is 2.23. The maximum Gasteiger partial charge on any atom is 0.203 e. The third kappa shape index (κ3) is 9.04. The topological polar surface area (TPSA) is 107 Å². The highest BCUT2D eigenvalue weighted by Gasteiger charge is 2.24. The lowest BCUT2D eigenvalue weighted by Gasteiger charge is -2.17. The third-order valence-corrected chi connectivity index (χ3v) is 8.57. The van der Waals surface area contributed by atoms with Crippen molar-refractivity contribution < 1.29 is 28.5 Å². The maximum atomic E-state index is 13.0. The molecule has 2 N–H and O–H groups in total. The number of benzene rings is 4. The summed E-state index contributed by atoms with van der Waals surface area (Å²) in [5, 5.41) is 1.25. The second-order valence-corrected chi connectivity index (χ2v) is 12.3. The molecule has 5 aromatic rings. The van der Waals surface area contributed by atoms with Gasteiger partial charge in [0.15, 0.2) is 17.3 Å². The average molecular weight is 719 g/mol. The van der Waals surface area contributed by atoms with Gasteiger partial charge in [-0.2, -0.15) is 0 Å². The Hall–Kier alpha value is -4.38. The fourth-order valence-electron chi connectivity index (χ4n) is 5.61. The number of Topliss-reactive ketones (excluding diaryl/α,β-unsaturated/α-hetero) is 1. The standard InChI is InChI=1S/C39H41Cl2N3O6/c1-46-34-23-30(24-35(47-2)38(34)48-3)39-43-36(28-10-14-31(40)15-11-28)37(29-12-16-32(41)17-13-29)44(39)25-26-6-8-27(9-7-26)33(45)5-4-19-49-21-22-50-20-18-42/h6-17,23-24H,4-5,18-22,25,42H2,1-3H3. The van der Waals surface area contributed by atoms with Gasteiger partial charge >= 0.3 is 0 Å². The number of carbonyl (C=O) groups is 1. The number of ether oxygens (including phenoxy) is 5. The normalized spacial score (nSPS) is 11.1. The van der Waals surface area contributed by atoms with Crippen LogP contribution in [0.15, 0.2) is 84.9 Å². The second-order valence-electron chi connectivity index (χ2n) is 11.4. The quantitative estimate of drug-likeness (QED) is 0.0714. The molecule has 1 heterocycles. The van der Waals surface area contributed by atoms with Crippen molar-refractivity contribution in [2.45, 2.75) is 19.4 Å². The molecular formula is C39H41Cl2N3O6. The monoisotopic (exact) mass is 717 g/mol. The van der Waals surface area contributed by atoms with Crippen LogP contribution >= 0.6 is 23.2 Å². The van der Waals surface area contributed by atoms with E-state index in [-0.39, 0.29) is 5.78 Å². The highest BCUT2D eigenvalue weighted by molar-refractivity contribution is 6.31. The van der Waals surface area contributed by atoms with Crippen LogP contribution in [-0.4, -0.2) is 69.6 Å². The molecule has 0 amide bonds. The van der Waals surface area contributed by atoms with Crippen molar-refractivity contribution in [3.63, 3.8) is 0 Å². The number of halogens is 2. The van der Waals surface area contributed by atoms with Gasteiger partial charge in [-0.25, -0.2) is 4.98 Å². The molecule has 262 valence electrons. The molecule has 50 heavy (non-hydrogen) atoms. The molecule has 0 bridgehead atoms. The van der Waals surface area contributed by atoms with Crippen molar-refractivity contribution in [2.75, 3.05) is 54.3 Å². The lowest BCUT2D eigenvalue weighted by molar-refractivity contribution is 0.0489. The van der Waals surface area contributed by atoms with E-state index in [1.807, 2.05) is 84.9 Å². The lowest BCUT2D eigenvalue weighted by Crippen LogP contribution is -2.12. The Morgan fingerprint density at radius 2 is 1.30 bits per heavy atom. The zero-order valence-corrected chi connectivity index (χ0v) is 29.9. The number of aromatic nitrogens is 2. The molecule has 0 aliphatic heterocycles. The van der Waals surface area contributed by atoms with E-state index in [2.05, 4.69) is 4.57 Å². The van der Waals surface area contributed by atoms with Gasteiger partial charge in [0.25, 0.3) is 0 Å². The smallest absolute Gasteiger partial charge is 0.203 e. The Kier molecular flexibility index (Phi) is 13.3. The Morgan fingerprint density at radius 3 is 1.86 bits per heavy atom. The van der Waals surface area contributed by atoms with Crippen LogP contribution in [0.4, 0.5) is 0 Å². The summed E-state index contributed by atoms with van der Waals surface area (Å²) in [5.41, 5.74) is 11.3. The maximum absolute atomic E-state index is 13.0. The van der Waals surface area contributed by atoms with E-state index in [9.17, 15) is 4.79 Å².